The molecule has 1 heterocycles. The predicted octanol–water partition coefficient (Wildman–Crippen LogP) is 2.08. The van der Waals surface area contributed by atoms with E-state index in [0.29, 0.717) is 11.3 Å². The SMILES string of the molecule is COc1ccc(OC)c(-c2cnoc2N)c1F. The van der Waals surface area contributed by atoms with Crippen LogP contribution in [0.4, 0.5) is 10.3 Å². The highest BCUT2D eigenvalue weighted by Gasteiger charge is 2.20. The molecule has 2 N–H and O–H groups in total. The van der Waals surface area contributed by atoms with E-state index in [4.69, 9.17) is 19.7 Å². The largest absolute Gasteiger partial charge is 0.496 e. The summed E-state index contributed by atoms with van der Waals surface area (Å²) < 4.78 is 28.8. The lowest BCUT2D eigenvalue weighted by Crippen LogP contribution is -1.96. The number of hydrogen-bond donors (Lipinski definition) is 1. The number of nitrogens with zero attached hydrogens (tertiary/aromatic N) is 1. The van der Waals surface area contributed by atoms with Crippen molar-refractivity contribution in [2.24, 2.45) is 0 Å². The Morgan fingerprint density at radius 1 is 1.24 bits per heavy atom. The van der Waals surface area contributed by atoms with E-state index in [9.17, 15) is 4.39 Å². The lowest BCUT2D eigenvalue weighted by atomic mass is 10.1. The van der Waals surface area contributed by atoms with Gasteiger partial charge in [0.15, 0.2) is 11.6 Å². The Hall–Kier alpha value is -2.24. The number of rotatable bonds is 3. The molecule has 17 heavy (non-hydrogen) atoms. The molecule has 0 radical (unpaired) electrons. The van der Waals surface area contributed by atoms with E-state index >= 15 is 0 Å². The lowest BCUT2D eigenvalue weighted by molar-refractivity contribution is 0.379. The third-order valence-corrected chi connectivity index (χ3v) is 2.38. The van der Waals surface area contributed by atoms with Crippen LogP contribution in [-0.2, 0) is 0 Å². The van der Waals surface area contributed by atoms with E-state index < -0.39 is 5.82 Å². The number of halogens is 1. The molecule has 0 aliphatic rings. The van der Waals surface area contributed by atoms with Crippen molar-refractivity contribution in [3.8, 4) is 22.6 Å². The molecule has 2 rings (SSSR count). The summed E-state index contributed by atoms with van der Waals surface area (Å²) in [6, 6.07) is 3.06. The van der Waals surface area contributed by atoms with Crippen molar-refractivity contribution in [3.63, 3.8) is 0 Å². The monoisotopic (exact) mass is 238 g/mol. The number of anilines is 1. The van der Waals surface area contributed by atoms with Crippen LogP contribution in [-0.4, -0.2) is 19.4 Å². The zero-order chi connectivity index (χ0) is 12.4. The van der Waals surface area contributed by atoms with Crippen LogP contribution in [0.5, 0.6) is 11.5 Å². The Labute approximate surface area is 96.9 Å². The molecule has 0 aliphatic heterocycles. The average Bonchev–Trinajstić information content (AvgIpc) is 2.75. The number of methoxy groups -OCH3 is 2. The van der Waals surface area contributed by atoms with Crippen molar-refractivity contribution in [2.45, 2.75) is 0 Å². The molecule has 0 aliphatic carbocycles. The molecule has 6 heteroatoms. The summed E-state index contributed by atoms with van der Waals surface area (Å²) in [5, 5.41) is 3.51. The first-order valence-electron chi connectivity index (χ1n) is 4.80. The molecule has 2 aromatic rings. The van der Waals surface area contributed by atoms with Crippen LogP contribution < -0.4 is 15.2 Å². The van der Waals surface area contributed by atoms with Crippen LogP contribution in [0.15, 0.2) is 22.9 Å². The van der Waals surface area contributed by atoms with E-state index in [1.165, 1.54) is 26.5 Å². The number of nitrogen functional groups attached to an aromatic ring is 1. The van der Waals surface area contributed by atoms with Gasteiger partial charge in [-0.05, 0) is 12.1 Å². The molecule has 0 saturated heterocycles. The predicted molar refractivity (Wildman–Crippen MR) is 59.4 cm³/mol. The second-order valence-electron chi connectivity index (χ2n) is 3.26. The standard InChI is InChI=1S/C11H11FN2O3/c1-15-7-3-4-8(16-2)10(12)9(7)6-5-14-17-11(6)13/h3-5H,13H2,1-2H3. The highest BCUT2D eigenvalue weighted by molar-refractivity contribution is 5.78. The van der Waals surface area contributed by atoms with E-state index in [0.717, 1.165) is 0 Å². The molecule has 1 aromatic carbocycles. The number of aromatic nitrogens is 1. The molecule has 0 saturated carbocycles. The summed E-state index contributed by atoms with van der Waals surface area (Å²) in [5.74, 6) is -0.114. The molecule has 0 atom stereocenters. The van der Waals surface area contributed by atoms with E-state index in [2.05, 4.69) is 5.16 Å². The minimum atomic E-state index is -0.568. The molecule has 0 unspecified atom stereocenters. The molecular weight excluding hydrogens is 227 g/mol. The maximum Gasteiger partial charge on any atom is 0.230 e. The van der Waals surface area contributed by atoms with Crippen molar-refractivity contribution >= 4 is 5.88 Å². The maximum atomic E-state index is 14.1. The van der Waals surface area contributed by atoms with Crippen molar-refractivity contribution in [1.29, 1.82) is 0 Å². The third-order valence-electron chi connectivity index (χ3n) is 2.38. The van der Waals surface area contributed by atoms with Crippen molar-refractivity contribution in [3.05, 3.63) is 24.1 Å². The highest BCUT2D eigenvalue weighted by atomic mass is 19.1. The van der Waals surface area contributed by atoms with Crippen LogP contribution in [0, 0.1) is 5.82 Å². The van der Waals surface area contributed by atoms with Crippen LogP contribution in [0.3, 0.4) is 0 Å². The highest BCUT2D eigenvalue weighted by Crippen LogP contribution is 2.39. The molecule has 0 amide bonds. The van der Waals surface area contributed by atoms with Gasteiger partial charge < -0.3 is 19.7 Å². The smallest absolute Gasteiger partial charge is 0.230 e. The molecule has 0 bridgehead atoms. The molecule has 0 spiro atoms. The lowest BCUT2D eigenvalue weighted by Gasteiger charge is -2.10. The van der Waals surface area contributed by atoms with Gasteiger partial charge >= 0.3 is 0 Å². The quantitative estimate of drug-likeness (QED) is 0.886. The van der Waals surface area contributed by atoms with E-state index in [-0.39, 0.29) is 17.2 Å². The van der Waals surface area contributed by atoms with E-state index in [1.54, 1.807) is 6.07 Å². The van der Waals surface area contributed by atoms with Crippen LogP contribution >= 0.6 is 0 Å². The van der Waals surface area contributed by atoms with Gasteiger partial charge in [-0.1, -0.05) is 5.16 Å². The summed E-state index contributed by atoms with van der Waals surface area (Å²) >= 11 is 0. The second kappa shape index (κ2) is 4.32. The van der Waals surface area contributed by atoms with Gasteiger partial charge in [0.1, 0.15) is 5.75 Å². The topological polar surface area (TPSA) is 70.5 Å². The first kappa shape index (κ1) is 11.3. The summed E-state index contributed by atoms with van der Waals surface area (Å²) in [7, 11) is 2.82. The summed E-state index contributed by atoms with van der Waals surface area (Å²) in [4.78, 5) is 0. The Morgan fingerprint density at radius 2 is 1.88 bits per heavy atom. The molecule has 90 valence electrons. The fraction of sp³-hybridized carbons (Fsp3) is 0.182. The van der Waals surface area contributed by atoms with Gasteiger partial charge in [-0.15, -0.1) is 0 Å². The Kier molecular flexibility index (Phi) is 2.86. The maximum absolute atomic E-state index is 14.1. The molecule has 1 aromatic heterocycles. The fourth-order valence-electron chi connectivity index (χ4n) is 1.55. The van der Waals surface area contributed by atoms with Crippen LogP contribution in [0.25, 0.3) is 11.1 Å². The summed E-state index contributed by atoms with van der Waals surface area (Å²) in [6.45, 7) is 0. The zero-order valence-electron chi connectivity index (χ0n) is 9.36. The number of hydrogen-bond acceptors (Lipinski definition) is 5. The first-order valence-corrected chi connectivity index (χ1v) is 4.80. The van der Waals surface area contributed by atoms with Crippen molar-refractivity contribution < 1.29 is 18.4 Å². The van der Waals surface area contributed by atoms with Gasteiger partial charge in [0.05, 0.1) is 31.5 Å². The van der Waals surface area contributed by atoms with Crippen molar-refractivity contribution in [1.82, 2.24) is 5.16 Å². The van der Waals surface area contributed by atoms with E-state index in [1.807, 2.05) is 0 Å². The van der Waals surface area contributed by atoms with Gasteiger partial charge in [0.2, 0.25) is 5.88 Å². The van der Waals surface area contributed by atoms with Gasteiger partial charge in [-0.25, -0.2) is 4.39 Å². The van der Waals surface area contributed by atoms with Gasteiger partial charge in [-0.2, -0.15) is 0 Å². The summed E-state index contributed by atoms with van der Waals surface area (Å²) in [6.07, 6.45) is 1.33. The number of nitrogens with two attached hydrogens (primary N) is 1. The Bertz CT molecular complexity index is 540. The van der Waals surface area contributed by atoms with Gasteiger partial charge in [0, 0.05) is 0 Å². The number of benzene rings is 1. The second-order valence-corrected chi connectivity index (χ2v) is 3.26. The normalized spacial score (nSPS) is 10.3. The zero-order valence-corrected chi connectivity index (χ0v) is 9.36. The van der Waals surface area contributed by atoms with Crippen LogP contribution in [0.2, 0.25) is 0 Å². The minimum absolute atomic E-state index is 0.0236. The molecule has 5 nitrogen and oxygen atoms in total. The third kappa shape index (κ3) is 1.77. The first-order chi connectivity index (χ1) is 8.19. The van der Waals surface area contributed by atoms with Gasteiger partial charge in [-0.3, -0.25) is 0 Å². The summed E-state index contributed by atoms with van der Waals surface area (Å²) in [5.41, 5.74) is 6.07. The average molecular weight is 238 g/mol. The Balaban J connectivity index is 2.70. The van der Waals surface area contributed by atoms with Crippen LogP contribution in [0.1, 0.15) is 0 Å². The van der Waals surface area contributed by atoms with Gasteiger partial charge in [0.25, 0.3) is 0 Å². The minimum Gasteiger partial charge on any atom is -0.496 e. The Morgan fingerprint density at radius 3 is 2.41 bits per heavy atom. The molecule has 0 fully saturated rings. The number of ether oxygens (including phenoxy) is 2. The fourth-order valence-corrected chi connectivity index (χ4v) is 1.55. The van der Waals surface area contributed by atoms with Crippen molar-refractivity contribution in [2.75, 3.05) is 20.0 Å². The molecular formula is C11H11FN2O3.